The van der Waals surface area contributed by atoms with E-state index in [1.807, 2.05) is 127 Å². The van der Waals surface area contributed by atoms with E-state index in [1.54, 1.807) is 0 Å². The highest BCUT2D eigenvalue weighted by Gasteiger charge is 2.13. The second-order valence-electron chi connectivity index (χ2n) is 8.03. The highest BCUT2D eigenvalue weighted by Crippen LogP contribution is 2.38. The van der Waals surface area contributed by atoms with Gasteiger partial charge in [-0.3, -0.25) is 0 Å². The number of hydrogen-bond donors (Lipinski definition) is 0. The molecule has 0 atom stereocenters. The van der Waals surface area contributed by atoms with Crippen LogP contribution < -0.4 is 14.2 Å². The molecule has 0 saturated carbocycles. The van der Waals surface area contributed by atoms with Gasteiger partial charge in [0.05, 0.1) is 0 Å². The van der Waals surface area contributed by atoms with Crippen molar-refractivity contribution in [3.05, 3.63) is 145 Å². The first-order chi connectivity index (χ1) is 17.3. The zero-order valence-corrected chi connectivity index (χ0v) is 19.3. The average Bonchev–Trinajstić information content (AvgIpc) is 2.93. The molecular weight excluding hydrogens is 432 g/mol. The van der Waals surface area contributed by atoms with Gasteiger partial charge in [-0.15, -0.1) is 0 Å². The van der Waals surface area contributed by atoms with Crippen molar-refractivity contribution in [3.63, 3.8) is 0 Å². The van der Waals surface area contributed by atoms with Crippen LogP contribution in [0.25, 0.3) is 11.1 Å². The Labute approximate surface area is 206 Å². The van der Waals surface area contributed by atoms with Crippen molar-refractivity contribution in [2.75, 3.05) is 0 Å². The van der Waals surface area contributed by atoms with Crippen LogP contribution >= 0.6 is 0 Å². The monoisotopic (exact) mass is 457 g/mol. The van der Waals surface area contributed by atoms with Gasteiger partial charge in [0.15, 0.2) is 11.5 Å². The summed E-state index contributed by atoms with van der Waals surface area (Å²) in [5.41, 5.74) is 3.98. The number of hydrogen-bond acceptors (Lipinski definition) is 3. The second kappa shape index (κ2) is 11.1. The SMILES string of the molecule is [c]1cccc(Oc2ccccc2)c1-c1ccc(OCc2ccccc2)c(OCc2ccccc2)c1. The minimum atomic E-state index is 0.442. The van der Waals surface area contributed by atoms with E-state index in [-0.39, 0.29) is 0 Å². The normalized spacial score (nSPS) is 10.5. The molecule has 3 heteroatoms. The second-order valence-corrected chi connectivity index (χ2v) is 8.03. The van der Waals surface area contributed by atoms with Gasteiger partial charge in [-0.05, 0) is 53.1 Å². The van der Waals surface area contributed by atoms with Crippen molar-refractivity contribution in [3.8, 4) is 34.1 Å². The number of benzene rings is 5. The first-order valence-electron chi connectivity index (χ1n) is 11.6. The van der Waals surface area contributed by atoms with Gasteiger partial charge >= 0.3 is 0 Å². The maximum Gasteiger partial charge on any atom is 0.162 e. The number of ether oxygens (including phenoxy) is 3. The summed E-state index contributed by atoms with van der Waals surface area (Å²) in [6.45, 7) is 0.902. The quantitative estimate of drug-likeness (QED) is 0.224. The zero-order valence-electron chi connectivity index (χ0n) is 19.3. The van der Waals surface area contributed by atoms with Gasteiger partial charge < -0.3 is 14.2 Å². The molecule has 0 aliphatic heterocycles. The van der Waals surface area contributed by atoms with Crippen LogP contribution in [0.4, 0.5) is 0 Å². The molecule has 35 heavy (non-hydrogen) atoms. The molecule has 5 aromatic rings. The largest absolute Gasteiger partial charge is 0.485 e. The Hall–Kier alpha value is -4.50. The van der Waals surface area contributed by atoms with Crippen LogP contribution in [0.3, 0.4) is 0 Å². The van der Waals surface area contributed by atoms with Crippen molar-refractivity contribution in [2.45, 2.75) is 13.2 Å². The molecule has 0 saturated heterocycles. The summed E-state index contributed by atoms with van der Waals surface area (Å²) < 4.78 is 18.6. The molecule has 5 rings (SSSR count). The van der Waals surface area contributed by atoms with Gasteiger partial charge in [0.25, 0.3) is 0 Å². The lowest BCUT2D eigenvalue weighted by atomic mass is 10.0. The highest BCUT2D eigenvalue weighted by molar-refractivity contribution is 5.72. The van der Waals surface area contributed by atoms with Gasteiger partial charge in [-0.1, -0.05) is 97.1 Å². The van der Waals surface area contributed by atoms with Gasteiger partial charge in [-0.2, -0.15) is 0 Å². The summed E-state index contributed by atoms with van der Waals surface area (Å²) in [5, 5.41) is 0. The molecule has 171 valence electrons. The van der Waals surface area contributed by atoms with Crippen molar-refractivity contribution >= 4 is 0 Å². The number of para-hydroxylation sites is 1. The van der Waals surface area contributed by atoms with E-state index >= 15 is 0 Å². The van der Waals surface area contributed by atoms with E-state index in [1.165, 1.54) is 0 Å². The minimum Gasteiger partial charge on any atom is -0.485 e. The molecule has 3 nitrogen and oxygen atoms in total. The third-order valence-electron chi connectivity index (χ3n) is 5.50. The van der Waals surface area contributed by atoms with Gasteiger partial charge in [-0.25, -0.2) is 0 Å². The van der Waals surface area contributed by atoms with Crippen molar-refractivity contribution in [2.24, 2.45) is 0 Å². The average molecular weight is 458 g/mol. The summed E-state index contributed by atoms with van der Waals surface area (Å²) in [6, 6.07) is 45.0. The topological polar surface area (TPSA) is 27.7 Å². The van der Waals surface area contributed by atoms with Crippen molar-refractivity contribution < 1.29 is 14.2 Å². The Balaban J connectivity index is 1.44. The predicted octanol–water partition coefficient (Wildman–Crippen LogP) is 8.10. The summed E-state index contributed by atoms with van der Waals surface area (Å²) in [7, 11) is 0. The lowest BCUT2D eigenvalue weighted by Gasteiger charge is -2.16. The molecule has 0 aliphatic rings. The van der Waals surface area contributed by atoms with E-state index in [9.17, 15) is 0 Å². The van der Waals surface area contributed by atoms with Crippen LogP contribution in [0.1, 0.15) is 11.1 Å². The van der Waals surface area contributed by atoms with Crippen LogP contribution in [0.5, 0.6) is 23.0 Å². The summed E-state index contributed by atoms with van der Waals surface area (Å²) in [6.07, 6.45) is 0. The van der Waals surface area contributed by atoms with Gasteiger partial charge in [0.1, 0.15) is 24.7 Å². The Morgan fingerprint density at radius 1 is 0.514 bits per heavy atom. The van der Waals surface area contributed by atoms with E-state index < -0.39 is 0 Å². The van der Waals surface area contributed by atoms with Crippen LogP contribution in [-0.2, 0) is 13.2 Å². The van der Waals surface area contributed by atoms with E-state index in [0.717, 1.165) is 33.8 Å². The minimum absolute atomic E-state index is 0.442. The third kappa shape index (κ3) is 5.90. The molecule has 0 spiro atoms. The molecule has 0 fully saturated rings. The molecule has 0 N–H and O–H groups in total. The maximum atomic E-state index is 6.25. The standard InChI is InChI=1S/C32H25O3/c1-4-12-25(13-5-1)23-33-31-21-20-27(22-32(31)34-24-26-14-6-2-7-15-26)29-18-10-11-19-30(29)35-28-16-8-3-9-17-28/h1-17,19-22H,23-24H2. The Morgan fingerprint density at radius 3 is 1.77 bits per heavy atom. The van der Waals surface area contributed by atoms with Crippen LogP contribution in [-0.4, -0.2) is 0 Å². The summed E-state index contributed by atoms with van der Waals surface area (Å²) >= 11 is 0. The Morgan fingerprint density at radius 2 is 1.11 bits per heavy atom. The Bertz CT molecular complexity index is 1350. The third-order valence-corrected chi connectivity index (χ3v) is 5.50. The summed E-state index contributed by atoms with van der Waals surface area (Å²) in [5.74, 6) is 2.86. The molecule has 0 amide bonds. The van der Waals surface area contributed by atoms with E-state index in [2.05, 4.69) is 6.07 Å². The molecule has 0 aromatic heterocycles. The zero-order chi connectivity index (χ0) is 23.7. The maximum absolute atomic E-state index is 6.25. The highest BCUT2D eigenvalue weighted by atomic mass is 16.5. The first-order valence-corrected chi connectivity index (χ1v) is 11.6. The predicted molar refractivity (Wildman–Crippen MR) is 139 cm³/mol. The molecule has 0 aliphatic carbocycles. The first kappa shape index (κ1) is 22.3. The lowest BCUT2D eigenvalue weighted by molar-refractivity contribution is 0.256. The Kier molecular flexibility index (Phi) is 7.06. The molecule has 1 radical (unpaired) electrons. The van der Waals surface area contributed by atoms with E-state index in [0.29, 0.717) is 24.7 Å². The van der Waals surface area contributed by atoms with Gasteiger partial charge in [0, 0.05) is 5.56 Å². The van der Waals surface area contributed by atoms with Crippen molar-refractivity contribution in [1.29, 1.82) is 0 Å². The fourth-order valence-electron chi connectivity index (χ4n) is 3.71. The molecule has 5 aromatic carbocycles. The van der Waals surface area contributed by atoms with E-state index in [4.69, 9.17) is 14.2 Å². The fourth-order valence-corrected chi connectivity index (χ4v) is 3.71. The molecule has 0 heterocycles. The van der Waals surface area contributed by atoms with Crippen LogP contribution in [0.15, 0.2) is 127 Å². The van der Waals surface area contributed by atoms with Crippen LogP contribution in [0.2, 0.25) is 0 Å². The van der Waals surface area contributed by atoms with Gasteiger partial charge in [0.2, 0.25) is 0 Å². The van der Waals surface area contributed by atoms with Crippen LogP contribution in [0, 0.1) is 6.07 Å². The van der Waals surface area contributed by atoms with Crippen molar-refractivity contribution in [1.82, 2.24) is 0 Å². The smallest absolute Gasteiger partial charge is 0.162 e. The fraction of sp³-hybridized carbons (Fsp3) is 0.0625. The molecule has 0 bridgehead atoms. The molecule has 0 unspecified atom stereocenters. The summed E-state index contributed by atoms with van der Waals surface area (Å²) in [4.78, 5) is 0. The lowest BCUT2D eigenvalue weighted by Crippen LogP contribution is -2.01. The molecular formula is C32H25O3. The number of rotatable bonds is 9.